The quantitative estimate of drug-likeness (QED) is 0.909. The number of rotatable bonds is 4. The normalized spacial score (nSPS) is 10.5. The molecule has 1 heterocycles. The van der Waals surface area contributed by atoms with Crippen LogP contribution < -0.4 is 10.5 Å². The van der Waals surface area contributed by atoms with E-state index in [0.29, 0.717) is 17.4 Å². The van der Waals surface area contributed by atoms with E-state index in [1.165, 1.54) is 0 Å². The van der Waals surface area contributed by atoms with Gasteiger partial charge in [0.15, 0.2) is 0 Å². The lowest BCUT2D eigenvalue weighted by Gasteiger charge is -2.08. The van der Waals surface area contributed by atoms with Crippen LogP contribution in [0.1, 0.15) is 12.7 Å². The van der Waals surface area contributed by atoms with Gasteiger partial charge in [0.05, 0.1) is 6.20 Å². The maximum absolute atomic E-state index is 5.79. The number of hydrogen-bond donors (Lipinski definition) is 1. The number of benzene rings is 1. The Balaban J connectivity index is 2.04. The topological polar surface area (TPSA) is 53.1 Å². The Morgan fingerprint density at radius 1 is 1.35 bits per heavy atom. The molecule has 0 saturated heterocycles. The van der Waals surface area contributed by atoms with Crippen LogP contribution >= 0.6 is 11.6 Å². The van der Waals surface area contributed by atoms with E-state index in [-0.39, 0.29) is 0 Å². The smallest absolute Gasteiger partial charge is 0.148 e. The Morgan fingerprint density at radius 3 is 2.71 bits per heavy atom. The van der Waals surface area contributed by atoms with E-state index >= 15 is 0 Å². The lowest BCUT2D eigenvalue weighted by atomic mass is 10.3. The average molecular weight is 252 g/mol. The van der Waals surface area contributed by atoms with E-state index < -0.39 is 0 Å². The molecule has 0 radical (unpaired) electrons. The van der Waals surface area contributed by atoms with Crippen LogP contribution in [0.2, 0.25) is 5.02 Å². The number of nitrogen functional groups attached to an aromatic ring is 1. The van der Waals surface area contributed by atoms with Crippen LogP contribution in [-0.2, 0) is 13.2 Å². The van der Waals surface area contributed by atoms with Crippen LogP contribution in [0.15, 0.2) is 30.5 Å². The zero-order chi connectivity index (χ0) is 12.3. The number of ether oxygens (including phenoxy) is 1. The second-order valence-electron chi connectivity index (χ2n) is 3.59. The molecule has 17 heavy (non-hydrogen) atoms. The largest absolute Gasteiger partial charge is 0.486 e. The predicted octanol–water partition coefficient (Wildman–Crippen LogP) is 2.72. The van der Waals surface area contributed by atoms with Gasteiger partial charge >= 0.3 is 0 Å². The summed E-state index contributed by atoms with van der Waals surface area (Å²) in [5.74, 6) is 2.24. The van der Waals surface area contributed by atoms with Gasteiger partial charge < -0.3 is 15.0 Å². The molecule has 0 atom stereocenters. The zero-order valence-corrected chi connectivity index (χ0v) is 10.3. The summed E-state index contributed by atoms with van der Waals surface area (Å²) in [5, 5.41) is 0.691. The molecule has 90 valence electrons. The molecule has 2 aromatic rings. The fourth-order valence-electron chi connectivity index (χ4n) is 1.59. The average Bonchev–Trinajstić information content (AvgIpc) is 2.69. The van der Waals surface area contributed by atoms with Crippen LogP contribution in [-0.4, -0.2) is 9.55 Å². The van der Waals surface area contributed by atoms with E-state index in [1.54, 1.807) is 18.3 Å². The molecule has 0 aliphatic heterocycles. The molecule has 2 N–H and O–H groups in total. The third-order valence-electron chi connectivity index (χ3n) is 2.47. The number of imidazole rings is 1. The Kier molecular flexibility index (Phi) is 3.54. The molecule has 2 rings (SSSR count). The van der Waals surface area contributed by atoms with Crippen molar-refractivity contribution >= 4 is 17.4 Å². The first-order chi connectivity index (χ1) is 8.20. The van der Waals surface area contributed by atoms with E-state index in [4.69, 9.17) is 22.1 Å². The minimum Gasteiger partial charge on any atom is -0.486 e. The molecular weight excluding hydrogens is 238 g/mol. The molecule has 0 fully saturated rings. The molecule has 0 aliphatic carbocycles. The highest BCUT2D eigenvalue weighted by atomic mass is 35.5. The number of hydrogen-bond acceptors (Lipinski definition) is 3. The van der Waals surface area contributed by atoms with Crippen molar-refractivity contribution in [2.45, 2.75) is 20.1 Å². The van der Waals surface area contributed by atoms with Gasteiger partial charge in [0.25, 0.3) is 0 Å². The molecule has 0 bridgehead atoms. The van der Waals surface area contributed by atoms with E-state index in [1.807, 2.05) is 23.6 Å². The van der Waals surface area contributed by atoms with E-state index in [9.17, 15) is 0 Å². The third kappa shape index (κ3) is 2.71. The van der Waals surface area contributed by atoms with Gasteiger partial charge in [-0.15, -0.1) is 0 Å². The molecule has 0 unspecified atom stereocenters. The zero-order valence-electron chi connectivity index (χ0n) is 9.56. The Morgan fingerprint density at radius 2 is 2.06 bits per heavy atom. The first kappa shape index (κ1) is 11.8. The van der Waals surface area contributed by atoms with Crippen molar-refractivity contribution in [3.05, 3.63) is 41.3 Å². The van der Waals surface area contributed by atoms with Gasteiger partial charge in [-0.05, 0) is 31.2 Å². The second-order valence-corrected chi connectivity index (χ2v) is 4.02. The van der Waals surface area contributed by atoms with Crippen molar-refractivity contribution in [2.75, 3.05) is 5.73 Å². The Labute approximate surface area is 105 Å². The summed E-state index contributed by atoms with van der Waals surface area (Å²) in [5.41, 5.74) is 5.77. The molecule has 0 aliphatic rings. The monoisotopic (exact) mass is 251 g/mol. The Bertz CT molecular complexity index is 493. The summed E-state index contributed by atoms with van der Waals surface area (Å²) in [6.45, 7) is 3.20. The molecule has 4 nitrogen and oxygen atoms in total. The van der Waals surface area contributed by atoms with Crippen LogP contribution in [0, 0.1) is 0 Å². The summed E-state index contributed by atoms with van der Waals surface area (Å²) in [7, 11) is 0. The minimum absolute atomic E-state index is 0.396. The molecular formula is C12H14ClN3O. The summed E-state index contributed by atoms with van der Waals surface area (Å²) in [6, 6.07) is 7.23. The Hall–Kier alpha value is -1.68. The van der Waals surface area contributed by atoms with Gasteiger partial charge in [-0.3, -0.25) is 0 Å². The molecule has 0 spiro atoms. The fourth-order valence-corrected chi connectivity index (χ4v) is 1.71. The predicted molar refractivity (Wildman–Crippen MR) is 68.1 cm³/mol. The summed E-state index contributed by atoms with van der Waals surface area (Å²) >= 11 is 5.79. The lowest BCUT2D eigenvalue weighted by Crippen LogP contribution is -2.08. The second kappa shape index (κ2) is 5.10. The van der Waals surface area contributed by atoms with Gasteiger partial charge in [0.2, 0.25) is 0 Å². The van der Waals surface area contributed by atoms with Gasteiger partial charge in [0.1, 0.15) is 24.0 Å². The number of aromatic nitrogens is 2. The number of nitrogens with zero attached hydrogens (tertiary/aromatic N) is 2. The van der Waals surface area contributed by atoms with Crippen LogP contribution in [0.5, 0.6) is 5.75 Å². The van der Waals surface area contributed by atoms with E-state index in [0.717, 1.165) is 18.1 Å². The van der Waals surface area contributed by atoms with E-state index in [2.05, 4.69) is 4.98 Å². The van der Waals surface area contributed by atoms with Gasteiger partial charge in [-0.25, -0.2) is 4.98 Å². The summed E-state index contributed by atoms with van der Waals surface area (Å²) < 4.78 is 7.52. The maximum atomic E-state index is 5.79. The highest BCUT2D eigenvalue weighted by Gasteiger charge is 2.06. The van der Waals surface area contributed by atoms with Crippen LogP contribution in [0.3, 0.4) is 0 Å². The van der Waals surface area contributed by atoms with Crippen LogP contribution in [0.4, 0.5) is 5.82 Å². The number of halogens is 1. The highest BCUT2D eigenvalue weighted by molar-refractivity contribution is 6.30. The van der Waals surface area contributed by atoms with Gasteiger partial charge in [-0.2, -0.15) is 0 Å². The maximum Gasteiger partial charge on any atom is 0.148 e. The van der Waals surface area contributed by atoms with Crippen molar-refractivity contribution in [3.8, 4) is 5.75 Å². The van der Waals surface area contributed by atoms with Gasteiger partial charge in [-0.1, -0.05) is 11.6 Å². The molecule has 0 saturated carbocycles. The van der Waals surface area contributed by atoms with Crippen molar-refractivity contribution < 1.29 is 4.74 Å². The molecule has 0 amide bonds. The summed E-state index contributed by atoms with van der Waals surface area (Å²) in [4.78, 5) is 4.21. The van der Waals surface area contributed by atoms with Crippen molar-refractivity contribution in [1.82, 2.24) is 9.55 Å². The van der Waals surface area contributed by atoms with Crippen LogP contribution in [0.25, 0.3) is 0 Å². The molecule has 1 aromatic heterocycles. The standard InChI is InChI=1S/C12H14ClN3O/c1-2-16-11(14)7-15-12(16)8-17-10-5-3-9(13)4-6-10/h3-7H,2,8,14H2,1H3. The van der Waals surface area contributed by atoms with Crippen molar-refractivity contribution in [1.29, 1.82) is 0 Å². The molecule has 5 heteroatoms. The first-order valence-electron chi connectivity index (χ1n) is 5.39. The number of nitrogens with two attached hydrogens (primary N) is 1. The van der Waals surface area contributed by atoms with Crippen molar-refractivity contribution in [2.24, 2.45) is 0 Å². The SMILES string of the molecule is CCn1c(N)cnc1COc1ccc(Cl)cc1. The lowest BCUT2D eigenvalue weighted by molar-refractivity contribution is 0.290. The summed E-state index contributed by atoms with van der Waals surface area (Å²) in [6.07, 6.45) is 1.64. The fraction of sp³-hybridized carbons (Fsp3) is 0.250. The highest BCUT2D eigenvalue weighted by Crippen LogP contribution is 2.17. The first-order valence-corrected chi connectivity index (χ1v) is 5.76. The van der Waals surface area contributed by atoms with Crippen molar-refractivity contribution in [3.63, 3.8) is 0 Å². The van der Waals surface area contributed by atoms with Gasteiger partial charge in [0, 0.05) is 11.6 Å². The number of anilines is 1. The minimum atomic E-state index is 0.396. The third-order valence-corrected chi connectivity index (χ3v) is 2.72. The molecule has 1 aromatic carbocycles.